The summed E-state index contributed by atoms with van der Waals surface area (Å²) in [7, 11) is -3.66. The Kier molecular flexibility index (Phi) is 5.39. The van der Waals surface area contributed by atoms with Crippen LogP contribution in [0.4, 0.5) is 4.39 Å². The zero-order valence-corrected chi connectivity index (χ0v) is 18.9. The summed E-state index contributed by atoms with van der Waals surface area (Å²) in [6.07, 6.45) is 0. The number of hydrogen-bond acceptors (Lipinski definition) is 3. The lowest BCUT2D eigenvalue weighted by Crippen LogP contribution is -2.50. The molecule has 164 valence electrons. The maximum Gasteiger partial charge on any atom is 0.270 e. The fraction of sp³-hybridized carbons (Fsp3) is 0.348. The van der Waals surface area contributed by atoms with E-state index in [0.717, 1.165) is 22.3 Å². The second kappa shape index (κ2) is 7.76. The normalized spacial score (nSPS) is 15.6. The van der Waals surface area contributed by atoms with Crippen molar-refractivity contribution in [1.82, 2.24) is 14.2 Å². The van der Waals surface area contributed by atoms with Crippen LogP contribution >= 0.6 is 0 Å². The van der Waals surface area contributed by atoms with Gasteiger partial charge in [0.15, 0.2) is 0 Å². The van der Waals surface area contributed by atoms with Gasteiger partial charge in [-0.05, 0) is 74.2 Å². The number of H-pyrrole nitrogens is 1. The zero-order chi connectivity index (χ0) is 22.5. The van der Waals surface area contributed by atoms with Gasteiger partial charge < -0.3 is 9.88 Å². The van der Waals surface area contributed by atoms with Crippen molar-refractivity contribution in [2.75, 3.05) is 26.2 Å². The van der Waals surface area contributed by atoms with Gasteiger partial charge in [0.2, 0.25) is 10.0 Å². The highest BCUT2D eigenvalue weighted by atomic mass is 32.2. The van der Waals surface area contributed by atoms with E-state index in [1.165, 1.54) is 16.4 Å². The molecule has 1 aliphatic heterocycles. The van der Waals surface area contributed by atoms with Crippen molar-refractivity contribution in [2.24, 2.45) is 0 Å². The van der Waals surface area contributed by atoms with E-state index in [2.05, 4.69) is 4.98 Å². The van der Waals surface area contributed by atoms with Crippen molar-refractivity contribution < 1.29 is 17.6 Å². The molecule has 2 heterocycles. The van der Waals surface area contributed by atoms with Crippen molar-refractivity contribution in [3.8, 4) is 0 Å². The molecule has 0 radical (unpaired) electrons. The smallest absolute Gasteiger partial charge is 0.270 e. The number of piperazine rings is 1. The molecule has 1 saturated heterocycles. The topological polar surface area (TPSA) is 73.5 Å². The third-order valence-electron chi connectivity index (χ3n) is 6.23. The summed E-state index contributed by atoms with van der Waals surface area (Å²) in [6, 6.07) is 7.95. The molecule has 0 bridgehead atoms. The molecule has 1 aromatic heterocycles. The molecule has 4 rings (SSSR count). The summed E-state index contributed by atoms with van der Waals surface area (Å²) in [4.78, 5) is 17.9. The average Bonchev–Trinajstić information content (AvgIpc) is 3.15. The van der Waals surface area contributed by atoms with Crippen LogP contribution < -0.4 is 0 Å². The number of carbonyl (C=O) groups is 1. The minimum absolute atomic E-state index is 0.215. The van der Waals surface area contributed by atoms with E-state index >= 15 is 0 Å². The molecule has 0 unspecified atom stereocenters. The Morgan fingerprint density at radius 2 is 1.55 bits per heavy atom. The third-order valence-corrected chi connectivity index (χ3v) is 8.41. The first-order chi connectivity index (χ1) is 14.6. The van der Waals surface area contributed by atoms with Gasteiger partial charge in [0.05, 0.1) is 4.90 Å². The molecular weight excluding hydrogens is 417 g/mol. The van der Waals surface area contributed by atoms with Crippen molar-refractivity contribution in [2.45, 2.75) is 32.6 Å². The van der Waals surface area contributed by atoms with E-state index in [-0.39, 0.29) is 24.8 Å². The molecule has 1 aliphatic rings. The van der Waals surface area contributed by atoms with Crippen LogP contribution in [0.25, 0.3) is 10.9 Å². The fourth-order valence-electron chi connectivity index (χ4n) is 4.22. The van der Waals surface area contributed by atoms with E-state index in [1.807, 2.05) is 33.8 Å². The van der Waals surface area contributed by atoms with Gasteiger partial charge in [-0.15, -0.1) is 0 Å². The summed E-state index contributed by atoms with van der Waals surface area (Å²) >= 11 is 0. The van der Waals surface area contributed by atoms with Crippen LogP contribution in [0.5, 0.6) is 0 Å². The fourth-order valence-corrected chi connectivity index (χ4v) is 6.22. The summed E-state index contributed by atoms with van der Waals surface area (Å²) in [5.41, 5.74) is 4.50. The van der Waals surface area contributed by atoms with Crippen LogP contribution in [-0.4, -0.2) is 54.7 Å². The number of nitrogens with one attached hydrogen (secondary N) is 1. The standard InChI is InChI=1S/C23H26FN3O3S/c1-14-11-15(2)17(4)22(16(14)3)31(29,30)27-9-7-26(8-10-27)23(28)21-13-18-12-19(24)5-6-20(18)25-21/h5-6,11-13,25H,7-10H2,1-4H3. The number of aromatic nitrogens is 1. The second-order valence-electron chi connectivity index (χ2n) is 8.20. The van der Waals surface area contributed by atoms with E-state index < -0.39 is 10.0 Å². The highest BCUT2D eigenvalue weighted by molar-refractivity contribution is 7.89. The first-order valence-corrected chi connectivity index (χ1v) is 11.7. The number of aromatic amines is 1. The SMILES string of the molecule is Cc1cc(C)c(C)c(S(=O)(=O)N2CCN(C(=O)c3cc4cc(F)ccc4[nH]3)CC2)c1C. The molecule has 0 spiro atoms. The van der Waals surface area contributed by atoms with Gasteiger partial charge in [0, 0.05) is 37.1 Å². The van der Waals surface area contributed by atoms with E-state index in [0.29, 0.717) is 34.6 Å². The molecule has 0 aliphatic carbocycles. The number of benzene rings is 2. The minimum atomic E-state index is -3.66. The highest BCUT2D eigenvalue weighted by Gasteiger charge is 2.33. The van der Waals surface area contributed by atoms with Crippen LogP contribution in [0.3, 0.4) is 0 Å². The van der Waals surface area contributed by atoms with Gasteiger partial charge in [0.1, 0.15) is 11.5 Å². The van der Waals surface area contributed by atoms with Gasteiger partial charge in [-0.25, -0.2) is 12.8 Å². The first-order valence-electron chi connectivity index (χ1n) is 10.2. The molecule has 0 saturated carbocycles. The van der Waals surface area contributed by atoms with Crippen LogP contribution in [0.2, 0.25) is 0 Å². The molecule has 8 heteroatoms. The molecule has 3 aromatic rings. The minimum Gasteiger partial charge on any atom is -0.351 e. The Labute approximate surface area is 181 Å². The van der Waals surface area contributed by atoms with E-state index in [9.17, 15) is 17.6 Å². The summed E-state index contributed by atoms with van der Waals surface area (Å²) < 4.78 is 41.7. The summed E-state index contributed by atoms with van der Waals surface area (Å²) in [6.45, 7) is 8.58. The number of nitrogens with zero attached hydrogens (tertiary/aromatic N) is 2. The van der Waals surface area contributed by atoms with Crippen molar-refractivity contribution in [1.29, 1.82) is 0 Å². The Hall–Kier alpha value is -2.71. The Morgan fingerprint density at radius 3 is 2.16 bits per heavy atom. The van der Waals surface area contributed by atoms with E-state index in [4.69, 9.17) is 0 Å². The monoisotopic (exact) mass is 443 g/mol. The first kappa shape index (κ1) is 21.5. The maximum absolute atomic E-state index is 13.4. The molecule has 1 amide bonds. The number of aryl methyl sites for hydroxylation is 2. The quantitative estimate of drug-likeness (QED) is 0.671. The Bertz CT molecular complexity index is 1260. The molecule has 0 atom stereocenters. The number of amides is 1. The summed E-state index contributed by atoms with van der Waals surface area (Å²) in [5.74, 6) is -0.575. The average molecular weight is 444 g/mol. The lowest BCUT2D eigenvalue weighted by Gasteiger charge is -2.34. The highest BCUT2D eigenvalue weighted by Crippen LogP contribution is 2.29. The number of carbonyl (C=O) groups excluding carboxylic acids is 1. The number of halogens is 1. The zero-order valence-electron chi connectivity index (χ0n) is 18.1. The van der Waals surface area contributed by atoms with Crippen LogP contribution in [0.15, 0.2) is 35.2 Å². The van der Waals surface area contributed by atoms with Crippen molar-refractivity contribution >= 4 is 26.8 Å². The Morgan fingerprint density at radius 1 is 0.935 bits per heavy atom. The van der Waals surface area contributed by atoms with Gasteiger partial charge in [0.25, 0.3) is 5.91 Å². The van der Waals surface area contributed by atoms with Gasteiger partial charge >= 0.3 is 0 Å². The predicted molar refractivity (Wildman–Crippen MR) is 118 cm³/mol. The number of sulfonamides is 1. The predicted octanol–water partition coefficient (Wildman–Crippen LogP) is 3.69. The number of fused-ring (bicyclic) bond motifs is 1. The van der Waals surface area contributed by atoms with E-state index in [1.54, 1.807) is 17.0 Å². The molecule has 6 nitrogen and oxygen atoms in total. The molecule has 31 heavy (non-hydrogen) atoms. The molecular formula is C23H26FN3O3S. The lowest BCUT2D eigenvalue weighted by molar-refractivity contribution is 0.0693. The van der Waals surface area contributed by atoms with Gasteiger partial charge in [-0.3, -0.25) is 4.79 Å². The van der Waals surface area contributed by atoms with Gasteiger partial charge in [-0.2, -0.15) is 4.31 Å². The second-order valence-corrected chi connectivity index (χ2v) is 10.1. The molecule has 1 N–H and O–H groups in total. The van der Waals surface area contributed by atoms with Crippen LogP contribution in [-0.2, 0) is 10.0 Å². The number of rotatable bonds is 3. The third kappa shape index (κ3) is 3.74. The molecule has 2 aromatic carbocycles. The van der Waals surface area contributed by atoms with Crippen molar-refractivity contribution in [3.63, 3.8) is 0 Å². The molecule has 1 fully saturated rings. The summed E-state index contributed by atoms with van der Waals surface area (Å²) in [5, 5.41) is 0.630. The van der Waals surface area contributed by atoms with Gasteiger partial charge in [-0.1, -0.05) is 6.07 Å². The Balaban J connectivity index is 1.53. The lowest BCUT2D eigenvalue weighted by atomic mass is 10.0. The van der Waals surface area contributed by atoms with Crippen LogP contribution in [0.1, 0.15) is 32.7 Å². The number of hydrogen-bond donors (Lipinski definition) is 1. The van der Waals surface area contributed by atoms with Crippen molar-refractivity contribution in [3.05, 3.63) is 64.1 Å². The maximum atomic E-state index is 13.4. The largest absolute Gasteiger partial charge is 0.351 e. The van der Waals surface area contributed by atoms with Crippen LogP contribution in [0, 0.1) is 33.5 Å².